The Morgan fingerprint density at radius 1 is 1.17 bits per heavy atom. The van der Waals surface area contributed by atoms with Gasteiger partial charge in [-0.2, -0.15) is 0 Å². The molecule has 2 N–H and O–H groups in total. The molecule has 1 heterocycles. The van der Waals surface area contributed by atoms with Crippen LogP contribution in [-0.2, 0) is 6.42 Å². The van der Waals surface area contributed by atoms with Crippen LogP contribution in [0.2, 0.25) is 0 Å². The van der Waals surface area contributed by atoms with Gasteiger partial charge in [0.25, 0.3) is 0 Å². The highest BCUT2D eigenvalue weighted by Gasteiger charge is 2.49. The lowest BCUT2D eigenvalue weighted by Crippen LogP contribution is -2.52. The molecular formula is C15H22N2S. The van der Waals surface area contributed by atoms with Crippen molar-refractivity contribution in [2.45, 2.75) is 44.6 Å². The molecule has 0 radical (unpaired) electrons. The molecule has 1 atom stereocenters. The molecule has 4 aliphatic rings. The molecule has 18 heavy (non-hydrogen) atoms. The Bertz CT molecular complexity index is 386. The second-order valence-electron chi connectivity index (χ2n) is 6.84. The van der Waals surface area contributed by atoms with Gasteiger partial charge in [0, 0.05) is 17.1 Å². The van der Waals surface area contributed by atoms with Crippen LogP contribution in [0.15, 0.2) is 11.7 Å². The number of aromatic nitrogens is 1. The minimum atomic E-state index is 0.375. The highest BCUT2D eigenvalue weighted by atomic mass is 32.1. The number of hydrogen-bond donors (Lipinski definition) is 1. The van der Waals surface area contributed by atoms with Gasteiger partial charge in [-0.25, -0.2) is 0 Å². The first-order valence-electron chi connectivity index (χ1n) is 7.42. The molecule has 0 aliphatic heterocycles. The van der Waals surface area contributed by atoms with Crippen molar-refractivity contribution in [3.8, 4) is 0 Å². The Hall–Kier alpha value is -0.410. The molecular weight excluding hydrogens is 240 g/mol. The van der Waals surface area contributed by atoms with Gasteiger partial charge in [0.2, 0.25) is 0 Å². The van der Waals surface area contributed by atoms with Crippen LogP contribution in [0.4, 0.5) is 0 Å². The lowest BCUT2D eigenvalue weighted by Gasteiger charge is -2.56. The Morgan fingerprint density at radius 3 is 2.39 bits per heavy atom. The van der Waals surface area contributed by atoms with Crippen LogP contribution in [0.5, 0.6) is 0 Å². The molecule has 1 aromatic heterocycles. The summed E-state index contributed by atoms with van der Waals surface area (Å²) in [6.45, 7) is 0. The summed E-state index contributed by atoms with van der Waals surface area (Å²) in [4.78, 5) is 5.55. The van der Waals surface area contributed by atoms with E-state index in [9.17, 15) is 0 Å². The summed E-state index contributed by atoms with van der Waals surface area (Å²) in [7, 11) is 0. The van der Waals surface area contributed by atoms with Crippen LogP contribution in [0.3, 0.4) is 0 Å². The second kappa shape index (κ2) is 4.31. The normalized spacial score (nSPS) is 43.3. The average Bonchev–Trinajstić information content (AvgIpc) is 2.80. The molecule has 0 spiro atoms. The molecule has 4 saturated carbocycles. The van der Waals surface area contributed by atoms with Crippen molar-refractivity contribution in [3.63, 3.8) is 0 Å². The van der Waals surface area contributed by atoms with E-state index in [1.165, 1.54) is 37.0 Å². The first kappa shape index (κ1) is 11.4. The van der Waals surface area contributed by atoms with E-state index in [-0.39, 0.29) is 0 Å². The summed E-state index contributed by atoms with van der Waals surface area (Å²) < 4.78 is 0. The standard InChI is InChI=1S/C15H22N2S/c16-14(6-13-7-17-8-18-13)15-11-2-9-1-10(4-11)5-12(15)3-9/h7-12,14-15H,1-6,16H2. The van der Waals surface area contributed by atoms with E-state index in [2.05, 4.69) is 4.98 Å². The van der Waals surface area contributed by atoms with Crippen LogP contribution in [0, 0.1) is 29.6 Å². The zero-order valence-corrected chi connectivity index (χ0v) is 11.6. The maximum atomic E-state index is 6.57. The minimum Gasteiger partial charge on any atom is -0.327 e. The molecule has 0 amide bonds. The first-order valence-corrected chi connectivity index (χ1v) is 8.30. The molecule has 2 nitrogen and oxygen atoms in total. The molecule has 4 bridgehead atoms. The summed E-state index contributed by atoms with van der Waals surface area (Å²) in [5.41, 5.74) is 8.50. The van der Waals surface area contributed by atoms with Gasteiger partial charge in [0.15, 0.2) is 0 Å². The van der Waals surface area contributed by atoms with Crippen molar-refractivity contribution in [2.75, 3.05) is 0 Å². The smallest absolute Gasteiger partial charge is 0.0794 e. The van der Waals surface area contributed by atoms with Gasteiger partial charge in [0.05, 0.1) is 5.51 Å². The van der Waals surface area contributed by atoms with Crippen molar-refractivity contribution in [3.05, 3.63) is 16.6 Å². The third-order valence-corrected chi connectivity index (χ3v) is 6.52. The van der Waals surface area contributed by atoms with E-state index in [0.717, 1.165) is 36.0 Å². The number of rotatable bonds is 3. The largest absolute Gasteiger partial charge is 0.327 e. The molecule has 98 valence electrons. The van der Waals surface area contributed by atoms with Crippen molar-refractivity contribution in [1.82, 2.24) is 4.98 Å². The van der Waals surface area contributed by atoms with Crippen LogP contribution >= 0.6 is 11.3 Å². The van der Waals surface area contributed by atoms with Crippen molar-refractivity contribution in [2.24, 2.45) is 35.3 Å². The SMILES string of the molecule is NC(Cc1cncs1)C1C2CC3CC(C2)CC1C3. The molecule has 4 fully saturated rings. The predicted octanol–water partition coefficient (Wildman–Crippen LogP) is 3.09. The fourth-order valence-corrected chi connectivity index (χ4v) is 6.05. The monoisotopic (exact) mass is 262 g/mol. The summed E-state index contributed by atoms with van der Waals surface area (Å²) in [5, 5.41) is 0. The van der Waals surface area contributed by atoms with Crippen molar-refractivity contribution < 1.29 is 0 Å². The number of hydrogen-bond acceptors (Lipinski definition) is 3. The number of nitrogens with two attached hydrogens (primary N) is 1. The van der Waals surface area contributed by atoms with Gasteiger partial charge in [-0.1, -0.05) is 0 Å². The fraction of sp³-hybridized carbons (Fsp3) is 0.800. The maximum Gasteiger partial charge on any atom is 0.0794 e. The van der Waals surface area contributed by atoms with Crippen molar-refractivity contribution in [1.29, 1.82) is 0 Å². The quantitative estimate of drug-likeness (QED) is 0.909. The molecule has 5 rings (SSSR count). The van der Waals surface area contributed by atoms with Crippen LogP contribution < -0.4 is 5.73 Å². The summed E-state index contributed by atoms with van der Waals surface area (Å²) in [6, 6.07) is 0.375. The Morgan fingerprint density at radius 2 is 1.83 bits per heavy atom. The van der Waals surface area contributed by atoms with Crippen LogP contribution in [-0.4, -0.2) is 11.0 Å². The number of nitrogens with zero attached hydrogens (tertiary/aromatic N) is 1. The van der Waals surface area contributed by atoms with Crippen LogP contribution in [0.1, 0.15) is 37.0 Å². The fourth-order valence-electron chi connectivity index (χ4n) is 5.38. The molecule has 3 heteroatoms. The van der Waals surface area contributed by atoms with Gasteiger partial charge >= 0.3 is 0 Å². The van der Waals surface area contributed by atoms with E-state index >= 15 is 0 Å². The third-order valence-electron chi connectivity index (χ3n) is 5.71. The number of thiazole rings is 1. The van der Waals surface area contributed by atoms with E-state index in [1.54, 1.807) is 11.3 Å². The molecule has 1 aromatic rings. The Kier molecular flexibility index (Phi) is 2.73. The van der Waals surface area contributed by atoms with Gasteiger partial charge in [0.1, 0.15) is 0 Å². The topological polar surface area (TPSA) is 38.9 Å². The van der Waals surface area contributed by atoms with E-state index in [1.807, 2.05) is 11.7 Å². The van der Waals surface area contributed by atoms with Crippen LogP contribution in [0.25, 0.3) is 0 Å². The summed E-state index contributed by atoms with van der Waals surface area (Å²) in [6.07, 6.45) is 10.5. The van der Waals surface area contributed by atoms with Gasteiger partial charge in [-0.15, -0.1) is 11.3 Å². The lowest BCUT2D eigenvalue weighted by atomic mass is 9.50. The summed E-state index contributed by atoms with van der Waals surface area (Å²) >= 11 is 1.76. The molecule has 1 unspecified atom stereocenters. The van der Waals surface area contributed by atoms with Crippen molar-refractivity contribution >= 4 is 11.3 Å². The maximum absolute atomic E-state index is 6.57. The highest BCUT2D eigenvalue weighted by Crippen LogP contribution is 2.57. The molecule has 4 aliphatic carbocycles. The average molecular weight is 262 g/mol. The Labute approximate surface area is 113 Å². The third kappa shape index (κ3) is 1.83. The Balaban J connectivity index is 1.50. The van der Waals surface area contributed by atoms with Gasteiger partial charge in [-0.05, 0) is 68.1 Å². The summed E-state index contributed by atoms with van der Waals surface area (Å²) in [5.74, 6) is 4.81. The van der Waals surface area contributed by atoms with E-state index in [0.29, 0.717) is 6.04 Å². The zero-order chi connectivity index (χ0) is 12.1. The zero-order valence-electron chi connectivity index (χ0n) is 10.8. The van der Waals surface area contributed by atoms with E-state index in [4.69, 9.17) is 5.73 Å². The lowest BCUT2D eigenvalue weighted by molar-refractivity contribution is -0.0464. The van der Waals surface area contributed by atoms with Gasteiger partial charge in [-0.3, -0.25) is 4.98 Å². The predicted molar refractivity (Wildman–Crippen MR) is 74.3 cm³/mol. The highest BCUT2D eigenvalue weighted by molar-refractivity contribution is 7.09. The second-order valence-corrected chi connectivity index (χ2v) is 7.81. The first-order chi connectivity index (χ1) is 8.79. The molecule has 0 saturated heterocycles. The molecule has 0 aromatic carbocycles. The van der Waals surface area contributed by atoms with E-state index < -0.39 is 0 Å². The van der Waals surface area contributed by atoms with Gasteiger partial charge < -0.3 is 5.73 Å². The minimum absolute atomic E-state index is 0.375.